The first kappa shape index (κ1) is 14.9. The molecule has 0 spiro atoms. The van der Waals surface area contributed by atoms with E-state index in [0.717, 1.165) is 31.7 Å². The summed E-state index contributed by atoms with van der Waals surface area (Å²) in [5.41, 5.74) is 1.28. The molecule has 100 valence electrons. The minimum atomic E-state index is -0.364. The molecular weight excluding hydrogens is 254 g/mol. The van der Waals surface area contributed by atoms with Gasteiger partial charge in [0.05, 0.1) is 4.92 Å². The van der Waals surface area contributed by atoms with E-state index < -0.39 is 0 Å². The van der Waals surface area contributed by atoms with Crippen LogP contribution in [0.1, 0.15) is 12.5 Å². The van der Waals surface area contributed by atoms with Gasteiger partial charge >= 0.3 is 0 Å². The Morgan fingerprint density at radius 2 is 2.11 bits per heavy atom. The van der Waals surface area contributed by atoms with E-state index in [1.54, 1.807) is 12.1 Å². The van der Waals surface area contributed by atoms with Crippen LogP contribution in [0.25, 0.3) is 0 Å². The largest absolute Gasteiger partial charge is 0.314 e. The zero-order chi connectivity index (χ0) is 12.3. The maximum atomic E-state index is 10.5. The third kappa shape index (κ3) is 3.66. The fourth-order valence-electron chi connectivity index (χ4n) is 2.08. The first-order valence-electron chi connectivity index (χ1n) is 5.85. The molecule has 1 saturated heterocycles. The van der Waals surface area contributed by atoms with Gasteiger partial charge in [0.1, 0.15) is 0 Å². The van der Waals surface area contributed by atoms with Gasteiger partial charge in [-0.1, -0.05) is 12.1 Å². The molecule has 1 aromatic rings. The molecule has 0 unspecified atom stereocenters. The molecule has 1 aliphatic rings. The number of nitrogens with zero attached hydrogens (tertiary/aromatic N) is 2. The molecule has 0 aliphatic carbocycles. The number of nitrogens with one attached hydrogen (secondary N) is 1. The zero-order valence-electron chi connectivity index (χ0n) is 10.3. The Morgan fingerprint density at radius 3 is 2.67 bits per heavy atom. The number of hydrogen-bond acceptors (Lipinski definition) is 4. The minimum Gasteiger partial charge on any atom is -0.314 e. The number of halogens is 1. The summed E-state index contributed by atoms with van der Waals surface area (Å²) < 4.78 is 0. The second kappa shape index (κ2) is 6.68. The van der Waals surface area contributed by atoms with Crippen LogP contribution in [0.2, 0.25) is 0 Å². The number of nitro groups is 1. The van der Waals surface area contributed by atoms with Crippen molar-refractivity contribution in [3.63, 3.8) is 0 Å². The first-order valence-corrected chi connectivity index (χ1v) is 5.85. The van der Waals surface area contributed by atoms with Crippen LogP contribution in [-0.4, -0.2) is 35.5 Å². The summed E-state index contributed by atoms with van der Waals surface area (Å²) in [6.45, 7) is 6.10. The standard InChI is InChI=1S/C12H17N3O2.ClH/c1-10-8-13-6-7-14(10)9-11-2-4-12(5-3-11)15(16)17;/h2-5,10,13H,6-9H2,1H3;1H/t10-;/m0./s1. The number of benzene rings is 1. The second-order valence-corrected chi connectivity index (χ2v) is 4.45. The molecule has 5 nitrogen and oxygen atoms in total. The highest BCUT2D eigenvalue weighted by atomic mass is 35.5. The van der Waals surface area contributed by atoms with Crippen molar-refractivity contribution in [3.8, 4) is 0 Å². The Bertz CT molecular complexity index is 397. The highest BCUT2D eigenvalue weighted by Crippen LogP contribution is 2.15. The zero-order valence-corrected chi connectivity index (χ0v) is 11.2. The predicted octanol–water partition coefficient (Wildman–Crippen LogP) is 1.81. The van der Waals surface area contributed by atoms with E-state index >= 15 is 0 Å². The summed E-state index contributed by atoms with van der Waals surface area (Å²) in [5.74, 6) is 0. The van der Waals surface area contributed by atoms with Crippen LogP contribution in [0, 0.1) is 10.1 Å². The number of piperazine rings is 1. The van der Waals surface area contributed by atoms with E-state index in [2.05, 4.69) is 17.1 Å². The van der Waals surface area contributed by atoms with Crippen molar-refractivity contribution in [1.82, 2.24) is 10.2 Å². The molecule has 0 saturated carbocycles. The van der Waals surface area contributed by atoms with Gasteiger partial charge in [0.2, 0.25) is 0 Å². The molecule has 18 heavy (non-hydrogen) atoms. The average Bonchev–Trinajstić information content (AvgIpc) is 2.33. The monoisotopic (exact) mass is 271 g/mol. The smallest absolute Gasteiger partial charge is 0.269 e. The summed E-state index contributed by atoms with van der Waals surface area (Å²) in [6, 6.07) is 7.34. The Kier molecular flexibility index (Phi) is 5.53. The quantitative estimate of drug-likeness (QED) is 0.673. The van der Waals surface area contributed by atoms with Gasteiger partial charge in [-0.05, 0) is 12.5 Å². The van der Waals surface area contributed by atoms with Crippen LogP contribution in [0.4, 0.5) is 5.69 Å². The fraction of sp³-hybridized carbons (Fsp3) is 0.500. The molecule has 0 bridgehead atoms. The van der Waals surface area contributed by atoms with Crippen LogP contribution >= 0.6 is 12.4 Å². The molecule has 6 heteroatoms. The normalized spacial score (nSPS) is 20.2. The van der Waals surface area contributed by atoms with E-state index in [1.807, 2.05) is 12.1 Å². The molecule has 0 aromatic heterocycles. The predicted molar refractivity (Wildman–Crippen MR) is 73.1 cm³/mol. The van der Waals surface area contributed by atoms with Crippen molar-refractivity contribution in [2.45, 2.75) is 19.5 Å². The van der Waals surface area contributed by atoms with Gasteiger partial charge in [0.25, 0.3) is 5.69 Å². The number of rotatable bonds is 3. The second-order valence-electron chi connectivity index (χ2n) is 4.45. The molecular formula is C12H18ClN3O2. The van der Waals surface area contributed by atoms with Crippen LogP contribution in [0.15, 0.2) is 24.3 Å². The van der Waals surface area contributed by atoms with E-state index in [4.69, 9.17) is 0 Å². The SMILES string of the molecule is C[C@H]1CNCCN1Cc1ccc([N+](=O)[O-])cc1.Cl. The molecule has 1 aliphatic heterocycles. The number of nitro benzene ring substituents is 1. The molecule has 1 heterocycles. The van der Waals surface area contributed by atoms with Gasteiger partial charge in [-0.3, -0.25) is 15.0 Å². The van der Waals surface area contributed by atoms with Crippen molar-refractivity contribution < 1.29 is 4.92 Å². The maximum absolute atomic E-state index is 10.5. The minimum absolute atomic E-state index is 0. The number of non-ortho nitro benzene ring substituents is 1. The topological polar surface area (TPSA) is 58.4 Å². The Balaban J connectivity index is 0.00000162. The van der Waals surface area contributed by atoms with Crippen LogP contribution in [-0.2, 0) is 6.54 Å². The summed E-state index contributed by atoms with van der Waals surface area (Å²) >= 11 is 0. The third-order valence-corrected chi connectivity index (χ3v) is 3.17. The lowest BCUT2D eigenvalue weighted by Crippen LogP contribution is -2.49. The van der Waals surface area contributed by atoms with Crippen molar-refractivity contribution in [2.24, 2.45) is 0 Å². The molecule has 1 N–H and O–H groups in total. The van der Waals surface area contributed by atoms with Crippen molar-refractivity contribution >= 4 is 18.1 Å². The lowest BCUT2D eigenvalue weighted by atomic mass is 10.1. The fourth-order valence-corrected chi connectivity index (χ4v) is 2.08. The van der Waals surface area contributed by atoms with E-state index in [-0.39, 0.29) is 23.0 Å². The molecule has 1 atom stereocenters. The highest BCUT2D eigenvalue weighted by molar-refractivity contribution is 5.85. The van der Waals surface area contributed by atoms with Crippen molar-refractivity contribution in [1.29, 1.82) is 0 Å². The summed E-state index contributed by atoms with van der Waals surface area (Å²) in [6.07, 6.45) is 0. The van der Waals surface area contributed by atoms with Gasteiger partial charge in [-0.25, -0.2) is 0 Å². The van der Waals surface area contributed by atoms with E-state index in [9.17, 15) is 10.1 Å². The van der Waals surface area contributed by atoms with Crippen molar-refractivity contribution in [3.05, 3.63) is 39.9 Å². The van der Waals surface area contributed by atoms with Gasteiger partial charge < -0.3 is 5.32 Å². The van der Waals surface area contributed by atoms with E-state index in [1.165, 1.54) is 0 Å². The lowest BCUT2D eigenvalue weighted by Gasteiger charge is -2.33. The molecule has 0 amide bonds. The third-order valence-electron chi connectivity index (χ3n) is 3.17. The number of hydrogen-bond donors (Lipinski definition) is 1. The van der Waals surface area contributed by atoms with Crippen LogP contribution in [0.5, 0.6) is 0 Å². The van der Waals surface area contributed by atoms with Gasteiger partial charge in [-0.2, -0.15) is 0 Å². The summed E-state index contributed by atoms with van der Waals surface area (Å²) in [4.78, 5) is 12.6. The lowest BCUT2D eigenvalue weighted by molar-refractivity contribution is -0.384. The molecule has 2 rings (SSSR count). The molecule has 0 radical (unpaired) electrons. The highest BCUT2D eigenvalue weighted by Gasteiger charge is 2.17. The molecule has 1 fully saturated rings. The Hall–Kier alpha value is -1.17. The van der Waals surface area contributed by atoms with Crippen LogP contribution in [0.3, 0.4) is 0 Å². The van der Waals surface area contributed by atoms with Crippen LogP contribution < -0.4 is 5.32 Å². The Morgan fingerprint density at radius 1 is 1.44 bits per heavy atom. The maximum Gasteiger partial charge on any atom is 0.269 e. The van der Waals surface area contributed by atoms with Gasteiger partial charge in [0, 0.05) is 44.4 Å². The average molecular weight is 272 g/mol. The molecule has 1 aromatic carbocycles. The summed E-state index contributed by atoms with van der Waals surface area (Å²) in [7, 11) is 0. The Labute approximate surface area is 113 Å². The summed E-state index contributed by atoms with van der Waals surface area (Å²) in [5, 5.41) is 13.9. The van der Waals surface area contributed by atoms with Gasteiger partial charge in [0.15, 0.2) is 0 Å². The van der Waals surface area contributed by atoms with E-state index in [0.29, 0.717) is 6.04 Å². The van der Waals surface area contributed by atoms with Gasteiger partial charge in [-0.15, -0.1) is 12.4 Å². The van der Waals surface area contributed by atoms with Crippen molar-refractivity contribution in [2.75, 3.05) is 19.6 Å². The first-order chi connectivity index (χ1) is 8.16.